The zero-order chi connectivity index (χ0) is 19.9. The number of hydrogen-bond acceptors (Lipinski definition) is 4. The van der Waals surface area contributed by atoms with Crippen molar-refractivity contribution < 1.29 is 9.53 Å². The van der Waals surface area contributed by atoms with Crippen LogP contribution in [-0.4, -0.2) is 64.6 Å². The van der Waals surface area contributed by atoms with Gasteiger partial charge in [0.05, 0.1) is 19.3 Å². The van der Waals surface area contributed by atoms with E-state index in [2.05, 4.69) is 20.7 Å². The van der Waals surface area contributed by atoms with Crippen molar-refractivity contribution in [1.82, 2.24) is 25.3 Å². The van der Waals surface area contributed by atoms with Gasteiger partial charge < -0.3 is 20.3 Å². The van der Waals surface area contributed by atoms with Gasteiger partial charge in [0, 0.05) is 31.9 Å². The maximum absolute atomic E-state index is 12.3. The molecule has 8 nitrogen and oxygen atoms in total. The van der Waals surface area contributed by atoms with Crippen molar-refractivity contribution >= 4 is 12.1 Å². The highest BCUT2D eigenvalue weighted by Crippen LogP contribution is 2.15. The van der Waals surface area contributed by atoms with Gasteiger partial charge in [0.1, 0.15) is 5.60 Å². The number of aryl methyl sites for hydroxylation is 1. The van der Waals surface area contributed by atoms with Gasteiger partial charge in [-0.2, -0.15) is 5.10 Å². The standard InChI is InChI=1S/C19H34N6O2/c1-6-20-17(21-9-11-25-13-15(2)12-22-25)23-16-8-7-10-24(14-16)18(26)27-19(3,4)5/h12-13,16H,6-11,14H2,1-5H3,(H2,20,21,23). The first kappa shape index (κ1) is 21.1. The van der Waals surface area contributed by atoms with E-state index in [4.69, 9.17) is 4.74 Å². The van der Waals surface area contributed by atoms with Gasteiger partial charge in [0.25, 0.3) is 0 Å². The number of aliphatic imine (C=N–C) groups is 1. The zero-order valence-corrected chi connectivity index (χ0v) is 17.3. The molecule has 0 radical (unpaired) electrons. The Labute approximate surface area is 162 Å². The summed E-state index contributed by atoms with van der Waals surface area (Å²) in [6.07, 6.45) is 5.56. The number of amides is 1. The van der Waals surface area contributed by atoms with Crippen LogP contribution in [0.2, 0.25) is 0 Å². The number of carbonyl (C=O) groups excluding carboxylic acids is 1. The molecule has 2 heterocycles. The Morgan fingerprint density at radius 1 is 1.44 bits per heavy atom. The van der Waals surface area contributed by atoms with Crippen molar-refractivity contribution in [2.24, 2.45) is 4.99 Å². The highest BCUT2D eigenvalue weighted by Gasteiger charge is 2.27. The van der Waals surface area contributed by atoms with Crippen molar-refractivity contribution in [3.63, 3.8) is 0 Å². The summed E-state index contributed by atoms with van der Waals surface area (Å²) >= 11 is 0. The molecular formula is C19H34N6O2. The van der Waals surface area contributed by atoms with Gasteiger partial charge >= 0.3 is 6.09 Å². The molecule has 0 aliphatic carbocycles. The molecule has 1 aliphatic rings. The molecule has 1 aliphatic heterocycles. The van der Waals surface area contributed by atoms with E-state index in [-0.39, 0.29) is 12.1 Å². The molecule has 1 saturated heterocycles. The van der Waals surface area contributed by atoms with E-state index in [9.17, 15) is 4.79 Å². The van der Waals surface area contributed by atoms with Crippen LogP contribution in [0.5, 0.6) is 0 Å². The fraction of sp³-hybridized carbons (Fsp3) is 0.737. The van der Waals surface area contributed by atoms with Gasteiger partial charge in [-0.05, 0) is 53.0 Å². The quantitative estimate of drug-likeness (QED) is 0.606. The summed E-state index contributed by atoms with van der Waals surface area (Å²) in [5.74, 6) is 0.775. The second-order valence-electron chi connectivity index (χ2n) is 7.95. The minimum absolute atomic E-state index is 0.163. The first-order valence-electron chi connectivity index (χ1n) is 9.78. The summed E-state index contributed by atoms with van der Waals surface area (Å²) in [5.41, 5.74) is 0.673. The number of ether oxygens (including phenoxy) is 1. The van der Waals surface area contributed by atoms with Crippen LogP contribution in [-0.2, 0) is 11.3 Å². The maximum Gasteiger partial charge on any atom is 0.410 e. The van der Waals surface area contributed by atoms with E-state index in [1.165, 1.54) is 0 Å². The molecule has 1 amide bonds. The van der Waals surface area contributed by atoms with Crippen molar-refractivity contribution in [3.05, 3.63) is 18.0 Å². The molecule has 2 N–H and O–H groups in total. The molecule has 1 atom stereocenters. The zero-order valence-electron chi connectivity index (χ0n) is 17.3. The number of rotatable bonds is 5. The van der Waals surface area contributed by atoms with Gasteiger partial charge in [0.2, 0.25) is 0 Å². The fourth-order valence-electron chi connectivity index (χ4n) is 2.95. The number of hydrogen-bond donors (Lipinski definition) is 2. The molecule has 0 bridgehead atoms. The Kier molecular flexibility index (Phi) is 7.50. The van der Waals surface area contributed by atoms with E-state index < -0.39 is 5.60 Å². The number of carbonyl (C=O) groups is 1. The monoisotopic (exact) mass is 378 g/mol. The molecule has 8 heteroatoms. The van der Waals surface area contributed by atoms with Crippen LogP contribution in [0.1, 0.15) is 46.1 Å². The van der Waals surface area contributed by atoms with Crippen LogP contribution >= 0.6 is 0 Å². The molecule has 27 heavy (non-hydrogen) atoms. The largest absolute Gasteiger partial charge is 0.444 e. The van der Waals surface area contributed by atoms with Crippen molar-refractivity contribution in [1.29, 1.82) is 0 Å². The van der Waals surface area contributed by atoms with Crippen LogP contribution in [0.4, 0.5) is 4.79 Å². The first-order valence-corrected chi connectivity index (χ1v) is 9.78. The molecule has 1 fully saturated rings. The van der Waals surface area contributed by atoms with Crippen LogP contribution < -0.4 is 10.6 Å². The Morgan fingerprint density at radius 3 is 2.85 bits per heavy atom. The van der Waals surface area contributed by atoms with E-state index in [1.807, 2.05) is 51.7 Å². The Bertz CT molecular complexity index is 634. The molecule has 0 aromatic carbocycles. The SMILES string of the molecule is CCNC(=NCCn1cc(C)cn1)NC1CCCN(C(=O)OC(C)(C)C)C1. The molecule has 1 unspecified atom stereocenters. The average Bonchev–Trinajstić information content (AvgIpc) is 2.99. The summed E-state index contributed by atoms with van der Waals surface area (Å²) in [5, 5.41) is 11.0. The van der Waals surface area contributed by atoms with E-state index in [0.717, 1.165) is 44.0 Å². The fourth-order valence-corrected chi connectivity index (χ4v) is 2.95. The topological polar surface area (TPSA) is 83.8 Å². The van der Waals surface area contributed by atoms with E-state index in [1.54, 1.807) is 4.90 Å². The van der Waals surface area contributed by atoms with Gasteiger partial charge in [-0.3, -0.25) is 9.67 Å². The highest BCUT2D eigenvalue weighted by atomic mass is 16.6. The lowest BCUT2D eigenvalue weighted by Gasteiger charge is -2.35. The molecule has 0 saturated carbocycles. The third-order valence-electron chi connectivity index (χ3n) is 4.12. The first-order chi connectivity index (χ1) is 12.8. The van der Waals surface area contributed by atoms with Crippen molar-refractivity contribution in [3.8, 4) is 0 Å². The summed E-state index contributed by atoms with van der Waals surface area (Å²) in [6, 6.07) is 0.163. The maximum atomic E-state index is 12.3. The number of nitrogens with one attached hydrogen (secondary N) is 2. The predicted octanol–water partition coefficient (Wildman–Crippen LogP) is 2.15. The number of likely N-dealkylation sites (tertiary alicyclic amines) is 1. The smallest absolute Gasteiger partial charge is 0.410 e. The lowest BCUT2D eigenvalue weighted by molar-refractivity contribution is 0.0193. The second kappa shape index (κ2) is 9.62. The van der Waals surface area contributed by atoms with Crippen molar-refractivity contribution in [2.75, 3.05) is 26.2 Å². The molecule has 1 aromatic heterocycles. The molecular weight excluding hydrogens is 344 g/mol. The highest BCUT2D eigenvalue weighted by molar-refractivity contribution is 5.80. The summed E-state index contributed by atoms with van der Waals surface area (Å²) in [6.45, 7) is 13.3. The van der Waals surface area contributed by atoms with Gasteiger partial charge in [0.15, 0.2) is 5.96 Å². The van der Waals surface area contributed by atoms with Crippen LogP contribution in [0.15, 0.2) is 17.4 Å². The predicted molar refractivity (Wildman–Crippen MR) is 107 cm³/mol. The summed E-state index contributed by atoms with van der Waals surface area (Å²) in [7, 11) is 0. The Balaban J connectivity index is 1.88. The van der Waals surface area contributed by atoms with Crippen molar-refractivity contribution in [2.45, 2.75) is 65.6 Å². The molecule has 152 valence electrons. The molecule has 2 rings (SSSR count). The lowest BCUT2D eigenvalue weighted by Crippen LogP contribution is -2.53. The average molecular weight is 379 g/mol. The number of nitrogens with zero attached hydrogens (tertiary/aromatic N) is 4. The number of aromatic nitrogens is 2. The molecule has 0 spiro atoms. The summed E-state index contributed by atoms with van der Waals surface area (Å²) < 4.78 is 7.39. The van der Waals surface area contributed by atoms with Gasteiger partial charge in [-0.25, -0.2) is 4.79 Å². The van der Waals surface area contributed by atoms with Crippen LogP contribution in [0.3, 0.4) is 0 Å². The minimum atomic E-state index is -0.474. The summed E-state index contributed by atoms with van der Waals surface area (Å²) in [4.78, 5) is 18.7. The number of piperidine rings is 1. The minimum Gasteiger partial charge on any atom is -0.444 e. The Morgan fingerprint density at radius 2 is 2.22 bits per heavy atom. The van der Waals surface area contributed by atoms with Crippen LogP contribution in [0, 0.1) is 6.92 Å². The third-order valence-corrected chi connectivity index (χ3v) is 4.12. The normalized spacial score (nSPS) is 18.3. The van der Waals surface area contributed by atoms with Gasteiger partial charge in [-0.15, -0.1) is 0 Å². The number of guanidine groups is 1. The lowest BCUT2D eigenvalue weighted by atomic mass is 10.1. The molecule has 1 aromatic rings. The van der Waals surface area contributed by atoms with E-state index >= 15 is 0 Å². The second-order valence-corrected chi connectivity index (χ2v) is 7.95. The third kappa shape index (κ3) is 7.48. The van der Waals surface area contributed by atoms with Gasteiger partial charge in [-0.1, -0.05) is 0 Å². The van der Waals surface area contributed by atoms with Crippen LogP contribution in [0.25, 0.3) is 0 Å². The van der Waals surface area contributed by atoms with E-state index in [0.29, 0.717) is 13.1 Å². The Hall–Kier alpha value is -2.25.